The fourth-order valence-corrected chi connectivity index (χ4v) is 8.85. The number of benzene rings is 3. The standard InChI is InChI=1S/C47H60N8O8/c1-10-28(6)41(53-47(59)62-9)45(57)55-21-26(4)15-37(55)43-48-19-36(50-43)30-11-13-32-31(16-30)24-63-38-18-33-29(17-34(32)38)12-14-35-42(33)51-39(49-35)22-54(20-27(5)23-60-7)44(56)40(25(2)3)52-46(58)61-8/h11-14,16-19,25-28,37,40-41H,10,15,20-24H2,1-9H3,(H,48,50)(H,49,51)(H,52,58)(H,53,59)/t26-,27-,28-,37-,40-,41-/m0/s1. The van der Waals surface area contributed by atoms with Crippen molar-refractivity contribution in [1.82, 2.24) is 40.4 Å². The number of nitrogens with zero attached hydrogens (tertiary/aromatic N) is 4. The Hall–Kier alpha value is -6.16. The minimum Gasteiger partial charge on any atom is -0.488 e. The van der Waals surface area contributed by atoms with Crippen LogP contribution in [0.3, 0.4) is 0 Å². The van der Waals surface area contributed by atoms with Gasteiger partial charge in [-0.25, -0.2) is 19.6 Å². The first-order valence-corrected chi connectivity index (χ1v) is 21.8. The molecule has 3 aromatic carbocycles. The van der Waals surface area contributed by atoms with E-state index in [1.807, 2.05) is 57.8 Å². The second-order valence-electron chi connectivity index (χ2n) is 17.5. The first kappa shape index (κ1) is 44.9. The van der Waals surface area contributed by atoms with Gasteiger partial charge >= 0.3 is 12.2 Å². The number of alkyl carbamates (subject to hydrolysis) is 2. The molecule has 16 heteroatoms. The van der Waals surface area contributed by atoms with Crippen molar-refractivity contribution in [2.24, 2.45) is 23.7 Å². The summed E-state index contributed by atoms with van der Waals surface area (Å²) in [6.07, 6.45) is 1.99. The Kier molecular flexibility index (Phi) is 13.6. The molecule has 1 fully saturated rings. The molecule has 0 spiro atoms. The van der Waals surface area contributed by atoms with Crippen LogP contribution in [0.5, 0.6) is 5.75 Å². The molecule has 2 aliphatic rings. The summed E-state index contributed by atoms with van der Waals surface area (Å²) in [4.78, 5) is 72.6. The second-order valence-corrected chi connectivity index (χ2v) is 17.5. The largest absolute Gasteiger partial charge is 0.488 e. The number of likely N-dealkylation sites (tertiary alicyclic amines) is 1. The zero-order valence-electron chi connectivity index (χ0n) is 37.7. The van der Waals surface area contributed by atoms with E-state index in [1.54, 1.807) is 12.0 Å². The Morgan fingerprint density at radius 1 is 0.952 bits per heavy atom. The SMILES string of the molecule is CC[C@H](C)[C@H](NC(=O)OC)C(=O)N1C[C@@H](C)C[C@H]1c1ncc(-c2ccc3c(c2)COc2cc4c(ccc5[nH]c(CN(C[C@H](C)COC)C(=O)[C@@H](NC(=O)OC)C(C)C)nc54)cc2-3)[nH]1. The van der Waals surface area contributed by atoms with Crippen molar-refractivity contribution in [3.05, 3.63) is 65.9 Å². The first-order valence-electron chi connectivity index (χ1n) is 21.8. The second kappa shape index (κ2) is 19.1. The quantitative estimate of drug-likeness (QED) is 0.0828. The van der Waals surface area contributed by atoms with Crippen LogP contribution >= 0.6 is 0 Å². The van der Waals surface area contributed by atoms with Crippen LogP contribution in [0.15, 0.2) is 48.7 Å². The van der Waals surface area contributed by atoms with E-state index in [4.69, 9.17) is 28.9 Å². The van der Waals surface area contributed by atoms with E-state index < -0.39 is 24.3 Å². The molecule has 4 amide bonds. The average Bonchev–Trinajstić information content (AvgIpc) is 4.04. The summed E-state index contributed by atoms with van der Waals surface area (Å²) >= 11 is 0. The molecule has 0 saturated carbocycles. The summed E-state index contributed by atoms with van der Waals surface area (Å²) < 4.78 is 21.5. The third kappa shape index (κ3) is 9.46. The number of fused-ring (bicyclic) bond motifs is 6. The van der Waals surface area contributed by atoms with E-state index >= 15 is 0 Å². The topological polar surface area (TPSA) is 193 Å². The number of aromatic nitrogens is 4. The van der Waals surface area contributed by atoms with E-state index in [0.29, 0.717) is 38.0 Å². The first-order chi connectivity index (χ1) is 30.2. The molecule has 0 bridgehead atoms. The molecule has 7 rings (SSSR count). The molecular weight excluding hydrogens is 805 g/mol. The van der Waals surface area contributed by atoms with Crippen molar-refractivity contribution in [1.29, 1.82) is 0 Å². The molecule has 2 aromatic heterocycles. The lowest BCUT2D eigenvalue weighted by molar-refractivity contribution is -0.136. The molecule has 4 heterocycles. The monoisotopic (exact) mass is 864 g/mol. The van der Waals surface area contributed by atoms with Crippen LogP contribution in [-0.4, -0.2) is 107 Å². The zero-order valence-corrected chi connectivity index (χ0v) is 37.7. The number of methoxy groups -OCH3 is 3. The van der Waals surface area contributed by atoms with Gasteiger partial charge in [-0.3, -0.25) is 9.59 Å². The fraction of sp³-hybridized carbons (Fsp3) is 0.489. The fourth-order valence-electron chi connectivity index (χ4n) is 8.85. The number of hydrogen-bond acceptors (Lipinski definition) is 10. The van der Waals surface area contributed by atoms with Gasteiger partial charge in [0.2, 0.25) is 11.8 Å². The average molecular weight is 865 g/mol. The van der Waals surface area contributed by atoms with Crippen molar-refractivity contribution < 1.29 is 38.1 Å². The number of hydrogen-bond donors (Lipinski definition) is 4. The van der Waals surface area contributed by atoms with Crippen LogP contribution in [-0.2, 0) is 37.0 Å². The van der Waals surface area contributed by atoms with Crippen molar-refractivity contribution in [2.45, 2.75) is 85.7 Å². The number of H-pyrrole nitrogens is 2. The Labute approximate surface area is 367 Å². The molecule has 0 aliphatic carbocycles. The highest BCUT2D eigenvalue weighted by Gasteiger charge is 2.41. The van der Waals surface area contributed by atoms with Crippen LogP contribution in [0.1, 0.15) is 77.6 Å². The predicted octanol–water partition coefficient (Wildman–Crippen LogP) is 7.34. The highest BCUT2D eigenvalue weighted by molar-refractivity contribution is 6.07. The Bertz CT molecular complexity index is 2480. The van der Waals surface area contributed by atoms with Crippen LogP contribution in [0.2, 0.25) is 0 Å². The number of carbonyl (C=O) groups is 4. The zero-order chi connectivity index (χ0) is 45.1. The van der Waals surface area contributed by atoms with Crippen molar-refractivity contribution in [3.8, 4) is 28.1 Å². The van der Waals surface area contributed by atoms with E-state index in [-0.39, 0.29) is 48.1 Å². The van der Waals surface area contributed by atoms with Crippen molar-refractivity contribution >= 4 is 45.8 Å². The van der Waals surface area contributed by atoms with Gasteiger partial charge in [0.05, 0.1) is 56.3 Å². The molecule has 1 saturated heterocycles. The van der Waals surface area contributed by atoms with Gasteiger partial charge in [0.25, 0.3) is 0 Å². The molecule has 16 nitrogen and oxygen atoms in total. The lowest BCUT2D eigenvalue weighted by Crippen LogP contribution is -2.52. The summed E-state index contributed by atoms with van der Waals surface area (Å²) in [5.41, 5.74) is 6.45. The smallest absolute Gasteiger partial charge is 0.407 e. The van der Waals surface area contributed by atoms with Gasteiger partial charge in [0.1, 0.15) is 36.1 Å². The molecule has 4 N–H and O–H groups in total. The molecule has 5 aromatic rings. The number of ether oxygens (including phenoxy) is 4. The molecule has 2 aliphatic heterocycles. The lowest BCUT2D eigenvalue weighted by atomic mass is 9.92. The van der Waals surface area contributed by atoms with Gasteiger partial charge in [0.15, 0.2) is 0 Å². The number of aromatic amines is 2. The Balaban J connectivity index is 1.13. The highest BCUT2D eigenvalue weighted by atomic mass is 16.5. The Morgan fingerprint density at radius 2 is 1.70 bits per heavy atom. The van der Waals surface area contributed by atoms with Gasteiger partial charge < -0.3 is 49.3 Å². The molecule has 63 heavy (non-hydrogen) atoms. The summed E-state index contributed by atoms with van der Waals surface area (Å²) in [6, 6.07) is 12.8. The lowest BCUT2D eigenvalue weighted by Gasteiger charge is -2.30. The third-order valence-electron chi connectivity index (χ3n) is 12.4. The van der Waals surface area contributed by atoms with E-state index in [1.165, 1.54) is 14.2 Å². The maximum Gasteiger partial charge on any atom is 0.407 e. The molecule has 6 atom stereocenters. The Morgan fingerprint density at radius 3 is 2.40 bits per heavy atom. The highest BCUT2D eigenvalue weighted by Crippen LogP contribution is 2.43. The van der Waals surface area contributed by atoms with Gasteiger partial charge in [-0.2, -0.15) is 0 Å². The molecule has 336 valence electrons. The van der Waals surface area contributed by atoms with Gasteiger partial charge in [-0.1, -0.05) is 66.2 Å². The number of rotatable bonds is 15. The van der Waals surface area contributed by atoms with E-state index in [9.17, 15) is 19.2 Å². The molecule has 0 unspecified atom stereocenters. The number of carbonyl (C=O) groups excluding carboxylic acids is 4. The molecular formula is C47H60N8O8. The predicted molar refractivity (Wildman–Crippen MR) is 239 cm³/mol. The van der Waals surface area contributed by atoms with Gasteiger partial charge in [0, 0.05) is 31.1 Å². The number of amides is 4. The third-order valence-corrected chi connectivity index (χ3v) is 12.4. The normalized spacial score (nSPS) is 17.7. The maximum atomic E-state index is 14.0. The minimum absolute atomic E-state index is 0.0328. The van der Waals surface area contributed by atoms with E-state index in [0.717, 1.165) is 68.3 Å². The van der Waals surface area contributed by atoms with Gasteiger partial charge in [-0.05, 0) is 76.4 Å². The summed E-state index contributed by atoms with van der Waals surface area (Å²) in [5, 5.41) is 7.39. The van der Waals surface area contributed by atoms with Crippen molar-refractivity contribution in [2.75, 3.05) is 41.0 Å². The number of imidazole rings is 2. The van der Waals surface area contributed by atoms with Gasteiger partial charge in [-0.15, -0.1) is 0 Å². The number of nitrogens with one attached hydrogen (secondary N) is 4. The summed E-state index contributed by atoms with van der Waals surface area (Å²) in [5.74, 6) is 1.73. The van der Waals surface area contributed by atoms with Crippen LogP contribution in [0.4, 0.5) is 9.59 Å². The van der Waals surface area contributed by atoms with Crippen LogP contribution < -0.4 is 15.4 Å². The van der Waals surface area contributed by atoms with Crippen LogP contribution in [0, 0.1) is 23.7 Å². The summed E-state index contributed by atoms with van der Waals surface area (Å²) in [6.45, 7) is 13.9. The molecule has 0 radical (unpaired) electrons. The van der Waals surface area contributed by atoms with E-state index in [2.05, 4.69) is 57.9 Å². The van der Waals surface area contributed by atoms with Crippen LogP contribution in [0.25, 0.3) is 44.2 Å². The summed E-state index contributed by atoms with van der Waals surface area (Å²) in [7, 11) is 4.21. The van der Waals surface area contributed by atoms with Crippen molar-refractivity contribution in [3.63, 3.8) is 0 Å². The maximum absolute atomic E-state index is 14.0. The minimum atomic E-state index is -0.785.